The van der Waals surface area contributed by atoms with Crippen LogP contribution in [0, 0.1) is 19.8 Å². The first-order valence-electron chi connectivity index (χ1n) is 14.6. The van der Waals surface area contributed by atoms with E-state index in [9.17, 15) is 14.4 Å². The minimum absolute atomic E-state index is 0.239. The van der Waals surface area contributed by atoms with Crippen molar-refractivity contribution in [1.29, 1.82) is 0 Å². The molecule has 3 amide bonds. The van der Waals surface area contributed by atoms with Crippen molar-refractivity contribution in [1.82, 2.24) is 10.2 Å². The van der Waals surface area contributed by atoms with Crippen molar-refractivity contribution in [2.75, 3.05) is 19.0 Å². The van der Waals surface area contributed by atoms with Crippen LogP contribution in [0.15, 0.2) is 42.5 Å². The molecule has 0 spiro atoms. The molecule has 8 heteroatoms. The zero-order valence-electron chi connectivity index (χ0n) is 26.3. The fraction of sp³-hybridized carbons (Fsp3) is 0.545. The number of nitrogens with zero attached hydrogens (tertiary/aromatic N) is 1. The number of carbonyl (C=O) groups is 3. The summed E-state index contributed by atoms with van der Waals surface area (Å²) in [6.07, 6.45) is 3.06. The quantitative estimate of drug-likeness (QED) is 0.255. The first kappa shape index (κ1) is 33.7. The lowest BCUT2D eigenvalue weighted by Crippen LogP contribution is -2.54. The minimum Gasteiger partial charge on any atom is -0.497 e. The first-order chi connectivity index (χ1) is 19.3. The molecule has 2 atom stereocenters. The molecule has 0 aliphatic carbocycles. The second kappa shape index (κ2) is 15.5. The van der Waals surface area contributed by atoms with E-state index in [0.717, 1.165) is 42.4 Å². The maximum atomic E-state index is 14.4. The van der Waals surface area contributed by atoms with E-state index in [1.807, 2.05) is 45.9 Å². The molecular weight excluding hydrogens is 518 g/mol. The number of anilines is 1. The van der Waals surface area contributed by atoms with Crippen LogP contribution in [0.4, 0.5) is 10.5 Å². The van der Waals surface area contributed by atoms with Crippen LogP contribution in [0.25, 0.3) is 0 Å². The Kier molecular flexibility index (Phi) is 12.7. The molecule has 0 fully saturated rings. The first-order valence-corrected chi connectivity index (χ1v) is 14.6. The van der Waals surface area contributed by atoms with E-state index < -0.39 is 23.8 Å². The molecule has 2 aromatic carbocycles. The van der Waals surface area contributed by atoms with Crippen molar-refractivity contribution >= 4 is 23.6 Å². The summed E-state index contributed by atoms with van der Waals surface area (Å²) in [6.45, 7) is 15.5. The van der Waals surface area contributed by atoms with Gasteiger partial charge in [0.05, 0.1) is 7.11 Å². The Hall–Kier alpha value is -3.55. The van der Waals surface area contributed by atoms with Gasteiger partial charge in [-0.3, -0.25) is 9.59 Å². The lowest BCUT2D eigenvalue weighted by atomic mass is 9.92. The summed E-state index contributed by atoms with van der Waals surface area (Å²) < 4.78 is 10.7. The molecule has 0 radical (unpaired) electrons. The molecule has 2 unspecified atom stereocenters. The number of hydrogen-bond donors (Lipinski definition) is 2. The number of hydrogen-bond acceptors (Lipinski definition) is 5. The fourth-order valence-corrected chi connectivity index (χ4v) is 4.77. The van der Waals surface area contributed by atoms with Crippen molar-refractivity contribution in [3.8, 4) is 5.75 Å². The van der Waals surface area contributed by atoms with E-state index >= 15 is 0 Å². The number of rotatable bonds is 13. The van der Waals surface area contributed by atoms with E-state index in [0.29, 0.717) is 18.0 Å². The topological polar surface area (TPSA) is 97.0 Å². The van der Waals surface area contributed by atoms with Gasteiger partial charge < -0.3 is 25.0 Å². The Labute approximate surface area is 246 Å². The standard InChI is InChI=1S/C33H49N3O5/c1-10-11-12-13-21-36(31(38)28(22(2)3)35-32(39)41-33(6,7)8)29(27-23(4)15-14-16-24(27)5)30(37)34-25-17-19-26(40-9)20-18-25/h14-20,22,28-29H,10-13,21H2,1-9H3,(H,34,37)(H,35,39). The molecule has 2 aromatic rings. The molecule has 2 rings (SSSR count). The summed E-state index contributed by atoms with van der Waals surface area (Å²) in [5.41, 5.74) is 2.48. The second-order valence-electron chi connectivity index (χ2n) is 11.9. The van der Waals surface area contributed by atoms with Crippen LogP contribution in [0.1, 0.15) is 90.0 Å². The van der Waals surface area contributed by atoms with Gasteiger partial charge in [0, 0.05) is 12.2 Å². The Balaban J connectivity index is 2.58. The average Bonchev–Trinajstić information content (AvgIpc) is 2.89. The summed E-state index contributed by atoms with van der Waals surface area (Å²) >= 11 is 0. The van der Waals surface area contributed by atoms with Crippen molar-refractivity contribution in [3.05, 3.63) is 59.2 Å². The zero-order valence-corrected chi connectivity index (χ0v) is 26.3. The normalized spacial score (nSPS) is 12.8. The van der Waals surface area contributed by atoms with Gasteiger partial charge in [-0.1, -0.05) is 58.2 Å². The highest BCUT2D eigenvalue weighted by molar-refractivity contribution is 5.99. The lowest BCUT2D eigenvalue weighted by Gasteiger charge is -2.36. The lowest BCUT2D eigenvalue weighted by molar-refractivity contribution is -0.141. The molecule has 0 saturated carbocycles. The molecule has 0 saturated heterocycles. The molecule has 0 aliphatic heterocycles. The third-order valence-electron chi connectivity index (χ3n) is 6.87. The maximum absolute atomic E-state index is 14.4. The smallest absolute Gasteiger partial charge is 0.408 e. The maximum Gasteiger partial charge on any atom is 0.408 e. The highest BCUT2D eigenvalue weighted by Gasteiger charge is 2.38. The van der Waals surface area contributed by atoms with Crippen LogP contribution >= 0.6 is 0 Å². The van der Waals surface area contributed by atoms with Crippen molar-refractivity contribution in [3.63, 3.8) is 0 Å². The Bertz CT molecular complexity index is 1130. The molecule has 226 valence electrons. The zero-order chi connectivity index (χ0) is 30.7. The number of unbranched alkanes of at least 4 members (excludes halogenated alkanes) is 3. The summed E-state index contributed by atoms with van der Waals surface area (Å²) in [6, 6.07) is 11.2. The summed E-state index contributed by atoms with van der Waals surface area (Å²) in [7, 11) is 1.59. The largest absolute Gasteiger partial charge is 0.497 e. The molecule has 0 aliphatic rings. The Morgan fingerprint density at radius 1 is 0.927 bits per heavy atom. The van der Waals surface area contributed by atoms with E-state index in [1.165, 1.54) is 0 Å². The Morgan fingerprint density at radius 2 is 1.54 bits per heavy atom. The molecule has 2 N–H and O–H groups in total. The Morgan fingerprint density at radius 3 is 2.05 bits per heavy atom. The third kappa shape index (κ3) is 10.1. The van der Waals surface area contributed by atoms with Crippen molar-refractivity contribution in [2.45, 2.75) is 98.8 Å². The number of alkyl carbamates (subject to hydrolysis) is 1. The number of ether oxygens (including phenoxy) is 2. The van der Waals surface area contributed by atoms with Gasteiger partial charge in [0.25, 0.3) is 5.91 Å². The van der Waals surface area contributed by atoms with E-state index in [2.05, 4.69) is 17.6 Å². The number of nitrogens with one attached hydrogen (secondary N) is 2. The van der Waals surface area contributed by atoms with E-state index in [-0.39, 0.29) is 17.7 Å². The summed E-state index contributed by atoms with van der Waals surface area (Å²) in [5, 5.41) is 5.82. The molecule has 8 nitrogen and oxygen atoms in total. The number of amides is 3. The van der Waals surface area contributed by atoms with Crippen LogP contribution in [0.2, 0.25) is 0 Å². The number of aryl methyl sites for hydroxylation is 2. The van der Waals surface area contributed by atoms with Gasteiger partial charge in [-0.2, -0.15) is 0 Å². The molecule has 41 heavy (non-hydrogen) atoms. The predicted molar refractivity (Wildman–Crippen MR) is 164 cm³/mol. The predicted octanol–water partition coefficient (Wildman–Crippen LogP) is 6.95. The van der Waals surface area contributed by atoms with E-state index in [1.54, 1.807) is 57.0 Å². The monoisotopic (exact) mass is 567 g/mol. The van der Waals surface area contributed by atoms with Crippen molar-refractivity contribution < 1.29 is 23.9 Å². The summed E-state index contributed by atoms with van der Waals surface area (Å²) in [5.74, 6) is -0.206. The number of benzene rings is 2. The average molecular weight is 568 g/mol. The van der Waals surface area contributed by atoms with E-state index in [4.69, 9.17) is 9.47 Å². The van der Waals surface area contributed by atoms with Crippen LogP contribution < -0.4 is 15.4 Å². The van der Waals surface area contributed by atoms with Gasteiger partial charge in [-0.05, 0) is 87.9 Å². The van der Waals surface area contributed by atoms with Crippen LogP contribution in [-0.2, 0) is 14.3 Å². The van der Waals surface area contributed by atoms with Gasteiger partial charge in [-0.15, -0.1) is 0 Å². The van der Waals surface area contributed by atoms with Gasteiger partial charge in [0.1, 0.15) is 23.4 Å². The second-order valence-corrected chi connectivity index (χ2v) is 11.9. The molecule has 0 heterocycles. The van der Waals surface area contributed by atoms with Crippen LogP contribution in [0.5, 0.6) is 5.75 Å². The third-order valence-corrected chi connectivity index (χ3v) is 6.87. The van der Waals surface area contributed by atoms with Crippen LogP contribution in [-0.4, -0.2) is 48.1 Å². The van der Waals surface area contributed by atoms with Gasteiger partial charge >= 0.3 is 6.09 Å². The number of carbonyl (C=O) groups excluding carboxylic acids is 3. The van der Waals surface area contributed by atoms with Gasteiger partial charge in [0.15, 0.2) is 0 Å². The summed E-state index contributed by atoms with van der Waals surface area (Å²) in [4.78, 5) is 43.0. The molecular formula is C33H49N3O5. The highest BCUT2D eigenvalue weighted by Crippen LogP contribution is 2.31. The highest BCUT2D eigenvalue weighted by atomic mass is 16.6. The fourth-order valence-electron chi connectivity index (χ4n) is 4.77. The minimum atomic E-state index is -0.908. The molecule has 0 bridgehead atoms. The van der Waals surface area contributed by atoms with Gasteiger partial charge in [0.2, 0.25) is 5.91 Å². The SMILES string of the molecule is CCCCCCN(C(=O)C(NC(=O)OC(C)(C)C)C(C)C)C(C(=O)Nc1ccc(OC)cc1)c1c(C)cccc1C. The van der Waals surface area contributed by atoms with Gasteiger partial charge in [-0.25, -0.2) is 4.79 Å². The number of methoxy groups -OCH3 is 1. The van der Waals surface area contributed by atoms with Crippen LogP contribution in [0.3, 0.4) is 0 Å². The van der Waals surface area contributed by atoms with Crippen molar-refractivity contribution in [2.24, 2.45) is 5.92 Å². The molecule has 0 aromatic heterocycles.